The molecule has 0 spiro atoms. The number of ether oxygens (including phenoxy) is 1. The van der Waals surface area contributed by atoms with Crippen molar-refractivity contribution in [2.75, 3.05) is 21.2 Å². The number of rotatable bonds is 5. The predicted molar refractivity (Wildman–Crippen MR) is 72.9 cm³/mol. The lowest BCUT2D eigenvalue weighted by Gasteiger charge is -2.35. The van der Waals surface area contributed by atoms with Crippen LogP contribution in [-0.2, 0) is 0 Å². The highest BCUT2D eigenvalue weighted by atomic mass is 35.5. The minimum absolute atomic E-state index is 0.0903. The maximum Gasteiger partial charge on any atom is 0.120 e. The number of benzene rings is 1. The molecule has 0 aliphatic heterocycles. The summed E-state index contributed by atoms with van der Waals surface area (Å²) in [6.45, 7) is 4.27. The second-order valence-electron chi connectivity index (χ2n) is 4.58. The Morgan fingerprint density at radius 2 is 1.94 bits per heavy atom. The molecule has 96 valence electrons. The first-order valence-corrected chi connectivity index (χ1v) is 6.03. The Morgan fingerprint density at radius 1 is 1.29 bits per heavy atom. The average molecular weight is 257 g/mol. The molecule has 0 heterocycles. The molecule has 17 heavy (non-hydrogen) atoms. The van der Waals surface area contributed by atoms with E-state index in [0.29, 0.717) is 5.02 Å². The molecule has 4 heteroatoms. The van der Waals surface area contributed by atoms with E-state index < -0.39 is 0 Å². The lowest BCUT2D eigenvalue weighted by atomic mass is 9.88. The van der Waals surface area contributed by atoms with Gasteiger partial charge in [0.25, 0.3) is 0 Å². The van der Waals surface area contributed by atoms with Gasteiger partial charge in [0.15, 0.2) is 0 Å². The number of hydrogen-bond donors (Lipinski definition) is 2. The van der Waals surface area contributed by atoms with Gasteiger partial charge in [-0.3, -0.25) is 0 Å². The van der Waals surface area contributed by atoms with Crippen molar-refractivity contribution in [2.24, 2.45) is 0 Å². The highest BCUT2D eigenvalue weighted by Crippen LogP contribution is 2.32. The SMILES string of the molecule is CNC(c1ccc(OC)cc1Cl)C(C)(C)NC. The maximum atomic E-state index is 6.30. The zero-order valence-electron chi connectivity index (χ0n) is 11.1. The van der Waals surface area contributed by atoms with Gasteiger partial charge in [-0.25, -0.2) is 0 Å². The molecule has 1 rings (SSSR count). The molecule has 3 nitrogen and oxygen atoms in total. The Morgan fingerprint density at radius 3 is 2.35 bits per heavy atom. The third kappa shape index (κ3) is 3.12. The lowest BCUT2D eigenvalue weighted by molar-refractivity contribution is 0.311. The summed E-state index contributed by atoms with van der Waals surface area (Å²) < 4.78 is 5.15. The number of nitrogens with one attached hydrogen (secondary N) is 2. The molecule has 1 aromatic rings. The quantitative estimate of drug-likeness (QED) is 0.850. The maximum absolute atomic E-state index is 6.30. The zero-order chi connectivity index (χ0) is 13.1. The molecule has 0 saturated heterocycles. The van der Waals surface area contributed by atoms with Gasteiger partial charge >= 0.3 is 0 Å². The summed E-state index contributed by atoms with van der Waals surface area (Å²) in [5.74, 6) is 0.774. The van der Waals surface area contributed by atoms with Crippen LogP contribution in [0.1, 0.15) is 25.5 Å². The van der Waals surface area contributed by atoms with Crippen molar-refractivity contribution >= 4 is 11.6 Å². The molecule has 0 bridgehead atoms. The molecule has 0 aromatic heterocycles. The normalized spacial score (nSPS) is 13.5. The summed E-state index contributed by atoms with van der Waals surface area (Å²) in [5, 5.41) is 7.31. The van der Waals surface area contributed by atoms with Crippen molar-refractivity contribution < 1.29 is 4.74 Å². The number of hydrogen-bond acceptors (Lipinski definition) is 3. The summed E-state index contributed by atoms with van der Waals surface area (Å²) in [6.07, 6.45) is 0. The van der Waals surface area contributed by atoms with Gasteiger partial charge in [0.05, 0.1) is 13.2 Å². The monoisotopic (exact) mass is 256 g/mol. The van der Waals surface area contributed by atoms with Gasteiger partial charge in [0.2, 0.25) is 0 Å². The molecule has 1 aromatic carbocycles. The highest BCUT2D eigenvalue weighted by molar-refractivity contribution is 6.31. The van der Waals surface area contributed by atoms with Crippen molar-refractivity contribution in [1.29, 1.82) is 0 Å². The van der Waals surface area contributed by atoms with Gasteiger partial charge in [0, 0.05) is 10.6 Å². The van der Waals surface area contributed by atoms with Crippen molar-refractivity contribution in [2.45, 2.75) is 25.4 Å². The minimum Gasteiger partial charge on any atom is -0.497 e. The molecule has 0 radical (unpaired) electrons. The predicted octanol–water partition coefficient (Wildman–Crippen LogP) is 2.61. The average Bonchev–Trinajstić information content (AvgIpc) is 2.31. The second kappa shape index (κ2) is 5.71. The van der Waals surface area contributed by atoms with E-state index in [1.165, 1.54) is 0 Å². The molecule has 0 amide bonds. The minimum atomic E-state index is -0.0903. The highest BCUT2D eigenvalue weighted by Gasteiger charge is 2.29. The van der Waals surface area contributed by atoms with Gasteiger partial charge < -0.3 is 15.4 Å². The van der Waals surface area contributed by atoms with Crippen molar-refractivity contribution in [3.63, 3.8) is 0 Å². The van der Waals surface area contributed by atoms with E-state index in [-0.39, 0.29) is 11.6 Å². The van der Waals surface area contributed by atoms with Gasteiger partial charge in [-0.05, 0) is 45.6 Å². The van der Waals surface area contributed by atoms with Crippen LogP contribution in [-0.4, -0.2) is 26.7 Å². The van der Waals surface area contributed by atoms with E-state index in [9.17, 15) is 0 Å². The third-order valence-corrected chi connectivity index (χ3v) is 3.50. The first kappa shape index (κ1) is 14.3. The third-order valence-electron chi connectivity index (χ3n) is 3.17. The second-order valence-corrected chi connectivity index (χ2v) is 4.99. The van der Waals surface area contributed by atoms with Crippen LogP contribution in [0.15, 0.2) is 18.2 Å². The van der Waals surface area contributed by atoms with Crippen LogP contribution >= 0.6 is 11.6 Å². The topological polar surface area (TPSA) is 33.3 Å². The fourth-order valence-electron chi connectivity index (χ4n) is 1.92. The Bertz CT molecular complexity index is 380. The summed E-state index contributed by atoms with van der Waals surface area (Å²) in [5.41, 5.74) is 0.974. The number of halogens is 1. The Kier molecular flexibility index (Phi) is 4.80. The van der Waals surface area contributed by atoms with E-state index >= 15 is 0 Å². The summed E-state index contributed by atoms with van der Waals surface area (Å²) in [7, 11) is 5.52. The standard InChI is InChI=1S/C13H21ClN2O/c1-13(2,16-4)12(15-3)10-7-6-9(17-5)8-11(10)14/h6-8,12,15-16H,1-5H3. The smallest absolute Gasteiger partial charge is 0.120 e. The van der Waals surface area contributed by atoms with Crippen molar-refractivity contribution in [3.05, 3.63) is 28.8 Å². The lowest BCUT2D eigenvalue weighted by Crippen LogP contribution is -2.47. The van der Waals surface area contributed by atoms with Gasteiger partial charge in [0.1, 0.15) is 5.75 Å². The van der Waals surface area contributed by atoms with Crippen LogP contribution < -0.4 is 15.4 Å². The largest absolute Gasteiger partial charge is 0.497 e. The molecule has 1 unspecified atom stereocenters. The zero-order valence-corrected chi connectivity index (χ0v) is 11.9. The Hall–Kier alpha value is -0.770. The molecular weight excluding hydrogens is 236 g/mol. The molecule has 0 aliphatic carbocycles. The first-order valence-electron chi connectivity index (χ1n) is 5.66. The van der Waals surface area contributed by atoms with Gasteiger partial charge in [-0.1, -0.05) is 17.7 Å². The van der Waals surface area contributed by atoms with Crippen LogP contribution in [0.3, 0.4) is 0 Å². The fourth-order valence-corrected chi connectivity index (χ4v) is 2.20. The van der Waals surface area contributed by atoms with Crippen LogP contribution in [0.4, 0.5) is 0 Å². The van der Waals surface area contributed by atoms with E-state index in [2.05, 4.69) is 24.5 Å². The van der Waals surface area contributed by atoms with Crippen LogP contribution in [0.25, 0.3) is 0 Å². The molecule has 1 atom stereocenters. The molecule has 2 N–H and O–H groups in total. The van der Waals surface area contributed by atoms with Crippen LogP contribution in [0, 0.1) is 0 Å². The fraction of sp³-hybridized carbons (Fsp3) is 0.538. The molecule has 0 aliphatic rings. The van der Waals surface area contributed by atoms with Gasteiger partial charge in [-0.2, -0.15) is 0 Å². The molecule has 0 saturated carbocycles. The first-order chi connectivity index (χ1) is 7.96. The summed E-state index contributed by atoms with van der Waals surface area (Å²) in [4.78, 5) is 0. The number of methoxy groups -OCH3 is 1. The van der Waals surface area contributed by atoms with Crippen LogP contribution in [0.5, 0.6) is 5.75 Å². The Balaban J connectivity index is 3.13. The summed E-state index contributed by atoms with van der Waals surface area (Å²) in [6, 6.07) is 5.90. The Labute approximate surface area is 109 Å². The van der Waals surface area contributed by atoms with Gasteiger partial charge in [-0.15, -0.1) is 0 Å². The van der Waals surface area contributed by atoms with E-state index in [0.717, 1.165) is 11.3 Å². The van der Waals surface area contributed by atoms with E-state index in [4.69, 9.17) is 16.3 Å². The molecule has 0 fully saturated rings. The van der Waals surface area contributed by atoms with Crippen LogP contribution in [0.2, 0.25) is 5.02 Å². The van der Waals surface area contributed by atoms with E-state index in [1.54, 1.807) is 7.11 Å². The van der Waals surface area contributed by atoms with Crippen molar-refractivity contribution in [1.82, 2.24) is 10.6 Å². The summed E-state index contributed by atoms with van der Waals surface area (Å²) >= 11 is 6.30. The molecular formula is C13H21ClN2O. The van der Waals surface area contributed by atoms with E-state index in [1.807, 2.05) is 32.3 Å². The van der Waals surface area contributed by atoms with Crippen molar-refractivity contribution in [3.8, 4) is 5.75 Å². The number of likely N-dealkylation sites (N-methyl/N-ethyl adjacent to an activating group) is 2.